The van der Waals surface area contributed by atoms with Gasteiger partial charge in [0.15, 0.2) is 28.8 Å². The molecule has 3 aromatic rings. The number of hydrogen-bond acceptors (Lipinski definition) is 8. The molecule has 0 amide bonds. The van der Waals surface area contributed by atoms with E-state index in [9.17, 15) is 9.59 Å². The lowest BCUT2D eigenvalue weighted by Crippen LogP contribution is -2.21. The van der Waals surface area contributed by atoms with Crippen LogP contribution in [0, 0.1) is 0 Å². The van der Waals surface area contributed by atoms with E-state index in [1.54, 1.807) is 50.6 Å². The quantitative estimate of drug-likeness (QED) is 0.312. The summed E-state index contributed by atoms with van der Waals surface area (Å²) in [4.78, 5) is 25.6. The van der Waals surface area contributed by atoms with Gasteiger partial charge in [0, 0.05) is 11.5 Å². The first-order valence-electron chi connectivity index (χ1n) is 11.0. The van der Waals surface area contributed by atoms with Gasteiger partial charge in [0.2, 0.25) is 12.6 Å². The second kappa shape index (κ2) is 8.09. The van der Waals surface area contributed by atoms with E-state index in [4.69, 9.17) is 28.4 Å². The van der Waals surface area contributed by atoms with Crippen LogP contribution in [0.2, 0.25) is 0 Å². The third-order valence-electron chi connectivity index (χ3n) is 6.28. The molecule has 0 aliphatic carbocycles. The van der Waals surface area contributed by atoms with Gasteiger partial charge < -0.3 is 28.4 Å². The Labute approximate surface area is 200 Å². The Kier molecular flexibility index (Phi) is 4.88. The number of esters is 1. The number of rotatable bonds is 4. The van der Waals surface area contributed by atoms with Gasteiger partial charge >= 0.3 is 5.97 Å². The van der Waals surface area contributed by atoms with E-state index in [0.717, 1.165) is 5.56 Å². The van der Waals surface area contributed by atoms with E-state index >= 15 is 0 Å². The Morgan fingerprint density at radius 2 is 1.66 bits per heavy atom. The molecule has 0 aromatic heterocycles. The first kappa shape index (κ1) is 21.1. The van der Waals surface area contributed by atoms with Crippen molar-refractivity contribution in [2.75, 3.05) is 21.0 Å². The van der Waals surface area contributed by atoms with Gasteiger partial charge in [-0.3, -0.25) is 9.59 Å². The van der Waals surface area contributed by atoms with Crippen LogP contribution in [0.5, 0.6) is 34.5 Å². The minimum Gasteiger partial charge on any atom is -0.493 e. The standard InChI is InChI=1S/C27H20O8/c1-30-18-6-3-14(9-21(18)31-2)10-23-26(29)16-5-8-20-25(27(16)35-23)17(12-24(28)34-20)15-4-7-19-22(11-15)33-13-32-19/h3-11,17H,12-13H2,1-2H3. The topological polar surface area (TPSA) is 89.5 Å². The normalized spacial score (nSPS) is 18.6. The van der Waals surface area contributed by atoms with Gasteiger partial charge in [-0.05, 0) is 53.6 Å². The van der Waals surface area contributed by atoms with E-state index in [1.165, 1.54) is 0 Å². The molecule has 0 fully saturated rings. The van der Waals surface area contributed by atoms with E-state index in [2.05, 4.69) is 0 Å². The molecule has 0 saturated heterocycles. The number of ketones is 1. The Morgan fingerprint density at radius 1 is 0.857 bits per heavy atom. The van der Waals surface area contributed by atoms with Crippen molar-refractivity contribution in [2.24, 2.45) is 0 Å². The van der Waals surface area contributed by atoms with E-state index in [0.29, 0.717) is 51.2 Å². The molecule has 8 nitrogen and oxygen atoms in total. The van der Waals surface area contributed by atoms with E-state index in [1.807, 2.05) is 18.2 Å². The number of methoxy groups -OCH3 is 2. The third-order valence-corrected chi connectivity index (χ3v) is 6.28. The van der Waals surface area contributed by atoms with Crippen LogP contribution in [-0.2, 0) is 4.79 Å². The fraction of sp³-hybridized carbons (Fsp3) is 0.185. The number of Topliss-reactive ketones (excluding diaryl/α,β-unsaturated/α-hetero) is 1. The Balaban J connectivity index is 1.42. The first-order chi connectivity index (χ1) is 17.1. The summed E-state index contributed by atoms with van der Waals surface area (Å²) in [6.07, 6.45) is 1.76. The third kappa shape index (κ3) is 3.45. The van der Waals surface area contributed by atoms with Crippen LogP contribution in [0.4, 0.5) is 0 Å². The predicted molar refractivity (Wildman–Crippen MR) is 124 cm³/mol. The number of allylic oxidation sites excluding steroid dienone is 1. The summed E-state index contributed by atoms with van der Waals surface area (Å²) in [6.45, 7) is 0.152. The average molecular weight is 472 g/mol. The van der Waals surface area contributed by atoms with Crippen molar-refractivity contribution in [3.8, 4) is 34.5 Å². The van der Waals surface area contributed by atoms with Crippen LogP contribution in [0.15, 0.2) is 54.3 Å². The summed E-state index contributed by atoms with van der Waals surface area (Å²) in [6, 6.07) is 14.2. The van der Waals surface area contributed by atoms with E-state index in [-0.39, 0.29) is 36.6 Å². The maximum absolute atomic E-state index is 13.2. The van der Waals surface area contributed by atoms with Crippen molar-refractivity contribution in [1.82, 2.24) is 0 Å². The van der Waals surface area contributed by atoms with Gasteiger partial charge in [-0.15, -0.1) is 0 Å². The fourth-order valence-corrected chi connectivity index (χ4v) is 4.61. The van der Waals surface area contributed by atoms with Gasteiger partial charge in [0.05, 0.1) is 26.2 Å². The summed E-state index contributed by atoms with van der Waals surface area (Å²) in [5.74, 6) is 2.35. The van der Waals surface area contributed by atoms with Crippen molar-refractivity contribution < 1.29 is 38.0 Å². The highest BCUT2D eigenvalue weighted by atomic mass is 16.7. The van der Waals surface area contributed by atoms with Crippen LogP contribution in [0.3, 0.4) is 0 Å². The molecule has 0 N–H and O–H groups in total. The molecule has 1 unspecified atom stereocenters. The van der Waals surface area contributed by atoms with Crippen LogP contribution in [0.1, 0.15) is 39.4 Å². The monoisotopic (exact) mass is 472 g/mol. The Morgan fingerprint density at radius 3 is 2.49 bits per heavy atom. The molecule has 0 saturated carbocycles. The first-order valence-corrected chi connectivity index (χ1v) is 11.0. The molecule has 35 heavy (non-hydrogen) atoms. The van der Waals surface area contributed by atoms with Crippen molar-refractivity contribution in [2.45, 2.75) is 12.3 Å². The maximum Gasteiger partial charge on any atom is 0.312 e. The van der Waals surface area contributed by atoms with Crippen LogP contribution in [-0.4, -0.2) is 32.8 Å². The van der Waals surface area contributed by atoms with Crippen molar-refractivity contribution in [3.05, 3.63) is 76.5 Å². The molecule has 3 heterocycles. The molecule has 8 heteroatoms. The lowest BCUT2D eigenvalue weighted by Gasteiger charge is -2.26. The summed E-state index contributed by atoms with van der Waals surface area (Å²) >= 11 is 0. The minimum absolute atomic E-state index is 0.107. The zero-order chi connectivity index (χ0) is 24.1. The zero-order valence-electron chi connectivity index (χ0n) is 19.0. The van der Waals surface area contributed by atoms with Crippen molar-refractivity contribution in [3.63, 3.8) is 0 Å². The molecular formula is C27H20O8. The highest BCUT2D eigenvalue weighted by Gasteiger charge is 2.39. The molecule has 0 bridgehead atoms. The fourth-order valence-electron chi connectivity index (χ4n) is 4.61. The Hall–Kier alpha value is -4.46. The summed E-state index contributed by atoms with van der Waals surface area (Å²) in [5, 5.41) is 0. The van der Waals surface area contributed by atoms with Crippen molar-refractivity contribution >= 4 is 17.8 Å². The van der Waals surface area contributed by atoms with E-state index < -0.39 is 0 Å². The molecule has 6 rings (SSSR count). The zero-order valence-corrected chi connectivity index (χ0v) is 19.0. The molecule has 3 aliphatic rings. The molecule has 0 radical (unpaired) electrons. The summed E-state index contributed by atoms with van der Waals surface area (Å²) in [5.41, 5.74) is 2.63. The lowest BCUT2D eigenvalue weighted by molar-refractivity contribution is -0.135. The predicted octanol–water partition coefficient (Wildman–Crippen LogP) is 4.49. The lowest BCUT2D eigenvalue weighted by atomic mass is 9.84. The number of carbonyl (C=O) groups is 2. The molecule has 3 aromatic carbocycles. The number of hydrogen-bond donors (Lipinski definition) is 0. The van der Waals surface area contributed by atoms with Crippen molar-refractivity contribution in [1.29, 1.82) is 0 Å². The summed E-state index contributed by atoms with van der Waals surface area (Å²) < 4.78 is 33.2. The molecule has 3 aliphatic heterocycles. The highest BCUT2D eigenvalue weighted by Crippen LogP contribution is 2.50. The van der Waals surface area contributed by atoms with Gasteiger partial charge in [-0.25, -0.2) is 0 Å². The minimum atomic E-state index is -0.371. The number of carbonyl (C=O) groups excluding carboxylic acids is 2. The molecule has 176 valence electrons. The maximum atomic E-state index is 13.2. The molecule has 0 spiro atoms. The number of benzene rings is 3. The highest BCUT2D eigenvalue weighted by molar-refractivity contribution is 6.15. The number of ether oxygens (including phenoxy) is 6. The second-order valence-electron chi connectivity index (χ2n) is 8.25. The molecule has 1 atom stereocenters. The Bertz CT molecular complexity index is 1420. The smallest absolute Gasteiger partial charge is 0.312 e. The summed E-state index contributed by atoms with van der Waals surface area (Å²) in [7, 11) is 3.11. The van der Waals surface area contributed by atoms with Gasteiger partial charge in [-0.1, -0.05) is 12.1 Å². The average Bonchev–Trinajstić information content (AvgIpc) is 3.47. The van der Waals surface area contributed by atoms with Crippen LogP contribution in [0.25, 0.3) is 6.08 Å². The van der Waals surface area contributed by atoms with Crippen LogP contribution < -0.4 is 28.4 Å². The largest absolute Gasteiger partial charge is 0.493 e. The van der Waals surface area contributed by atoms with Gasteiger partial charge in [0.1, 0.15) is 11.5 Å². The van der Waals surface area contributed by atoms with Gasteiger partial charge in [0.25, 0.3) is 0 Å². The van der Waals surface area contributed by atoms with Crippen LogP contribution >= 0.6 is 0 Å². The molecular weight excluding hydrogens is 452 g/mol. The second-order valence-corrected chi connectivity index (χ2v) is 8.25. The SMILES string of the molecule is COc1ccc(C=C2Oc3c(ccc4c3C(c3ccc5c(c3)OCO5)CC(=O)O4)C2=O)cc1OC. The number of fused-ring (bicyclic) bond motifs is 4. The van der Waals surface area contributed by atoms with Gasteiger partial charge in [-0.2, -0.15) is 0 Å².